The highest BCUT2D eigenvalue weighted by Gasteiger charge is 2.30. The molecule has 0 aliphatic carbocycles. The predicted molar refractivity (Wildman–Crippen MR) is 112 cm³/mol. The molecule has 0 spiro atoms. The van der Waals surface area contributed by atoms with Gasteiger partial charge in [0.2, 0.25) is 0 Å². The van der Waals surface area contributed by atoms with Crippen LogP contribution in [0.15, 0.2) is 65.9 Å². The van der Waals surface area contributed by atoms with Crippen molar-refractivity contribution in [3.05, 3.63) is 77.0 Å². The van der Waals surface area contributed by atoms with Crippen molar-refractivity contribution in [3.63, 3.8) is 0 Å². The van der Waals surface area contributed by atoms with Crippen molar-refractivity contribution >= 4 is 23.1 Å². The number of Topliss-reactive ketones (excluding diaryl/α,β-unsaturated/α-hetero) is 1. The van der Waals surface area contributed by atoms with Crippen LogP contribution in [0.5, 0.6) is 5.75 Å². The Morgan fingerprint density at radius 1 is 1.11 bits per heavy atom. The zero-order valence-electron chi connectivity index (χ0n) is 15.6. The average molecular weight is 381 g/mol. The molecule has 2 N–H and O–H groups in total. The lowest BCUT2D eigenvalue weighted by Crippen LogP contribution is -2.44. The molecule has 5 heteroatoms. The SMILES string of the molecule is CCCCOc1ccc(C2NC(=S)NC(C)=C2C(=O)c2ccccc2)cc1. The van der Waals surface area contributed by atoms with Crippen LogP contribution in [-0.2, 0) is 0 Å². The Bertz CT molecular complexity index is 844. The Morgan fingerprint density at radius 2 is 1.81 bits per heavy atom. The number of allylic oxidation sites excluding steroid dienone is 1. The van der Waals surface area contributed by atoms with Gasteiger partial charge in [-0.05, 0) is 43.3 Å². The average Bonchev–Trinajstić information content (AvgIpc) is 2.68. The summed E-state index contributed by atoms with van der Waals surface area (Å²) in [5.41, 5.74) is 3.09. The monoisotopic (exact) mass is 380 g/mol. The van der Waals surface area contributed by atoms with Gasteiger partial charge in [-0.1, -0.05) is 55.8 Å². The lowest BCUT2D eigenvalue weighted by molar-refractivity contribution is 0.102. The maximum atomic E-state index is 13.1. The van der Waals surface area contributed by atoms with E-state index in [4.69, 9.17) is 17.0 Å². The van der Waals surface area contributed by atoms with Gasteiger partial charge in [0.25, 0.3) is 0 Å². The van der Waals surface area contributed by atoms with Crippen LogP contribution < -0.4 is 15.4 Å². The first kappa shape index (κ1) is 19.1. The molecule has 140 valence electrons. The number of thiocarbonyl (C=S) groups is 1. The highest BCUT2D eigenvalue weighted by molar-refractivity contribution is 7.80. The Morgan fingerprint density at radius 3 is 2.48 bits per heavy atom. The Hall–Kier alpha value is -2.66. The van der Waals surface area contributed by atoms with E-state index in [-0.39, 0.29) is 11.8 Å². The van der Waals surface area contributed by atoms with Crippen LogP contribution in [0.3, 0.4) is 0 Å². The zero-order valence-corrected chi connectivity index (χ0v) is 16.4. The number of ether oxygens (including phenoxy) is 1. The van der Waals surface area contributed by atoms with E-state index in [2.05, 4.69) is 17.6 Å². The fraction of sp³-hybridized carbons (Fsp3) is 0.273. The fourth-order valence-corrected chi connectivity index (χ4v) is 3.35. The van der Waals surface area contributed by atoms with E-state index < -0.39 is 0 Å². The molecular weight excluding hydrogens is 356 g/mol. The van der Waals surface area contributed by atoms with E-state index in [1.807, 2.05) is 61.5 Å². The van der Waals surface area contributed by atoms with E-state index in [0.29, 0.717) is 22.9 Å². The predicted octanol–water partition coefficient (Wildman–Crippen LogP) is 4.54. The Labute approximate surface area is 165 Å². The van der Waals surface area contributed by atoms with Gasteiger partial charge in [0.05, 0.1) is 12.6 Å². The molecule has 2 aromatic carbocycles. The van der Waals surface area contributed by atoms with Gasteiger partial charge < -0.3 is 15.4 Å². The normalized spacial score (nSPS) is 16.5. The third-order valence-corrected chi connectivity index (χ3v) is 4.75. The van der Waals surface area contributed by atoms with Crippen LogP contribution in [0.25, 0.3) is 0 Å². The summed E-state index contributed by atoms with van der Waals surface area (Å²) < 4.78 is 5.74. The van der Waals surface area contributed by atoms with Crippen molar-refractivity contribution in [2.24, 2.45) is 0 Å². The second-order valence-corrected chi connectivity index (χ2v) is 6.94. The largest absolute Gasteiger partial charge is 0.494 e. The molecule has 3 rings (SSSR count). The second kappa shape index (κ2) is 8.82. The summed E-state index contributed by atoms with van der Waals surface area (Å²) in [6.45, 7) is 4.74. The van der Waals surface area contributed by atoms with Crippen molar-refractivity contribution in [3.8, 4) is 5.75 Å². The van der Waals surface area contributed by atoms with Crippen LogP contribution in [0.2, 0.25) is 0 Å². The summed E-state index contributed by atoms with van der Waals surface area (Å²) in [5.74, 6) is 0.823. The highest BCUT2D eigenvalue weighted by Crippen LogP contribution is 2.30. The molecule has 2 aromatic rings. The quantitative estimate of drug-likeness (QED) is 0.420. The molecule has 0 radical (unpaired) electrons. The first-order chi connectivity index (χ1) is 13.1. The summed E-state index contributed by atoms with van der Waals surface area (Å²) in [4.78, 5) is 13.1. The molecule has 1 aliphatic rings. The molecule has 0 fully saturated rings. The Balaban J connectivity index is 1.88. The van der Waals surface area contributed by atoms with E-state index in [0.717, 1.165) is 29.9 Å². The summed E-state index contributed by atoms with van der Waals surface area (Å²) in [7, 11) is 0. The fourth-order valence-electron chi connectivity index (χ4n) is 3.08. The van der Waals surface area contributed by atoms with Gasteiger partial charge in [-0.2, -0.15) is 0 Å². The van der Waals surface area contributed by atoms with E-state index in [9.17, 15) is 4.79 Å². The number of unbranched alkanes of at least 4 members (excludes halogenated alkanes) is 1. The molecule has 1 heterocycles. The number of carbonyl (C=O) groups excluding carboxylic acids is 1. The smallest absolute Gasteiger partial charge is 0.193 e. The molecule has 0 bridgehead atoms. The molecule has 1 atom stereocenters. The van der Waals surface area contributed by atoms with Crippen LogP contribution in [0.4, 0.5) is 0 Å². The molecule has 0 aromatic heterocycles. The molecular formula is C22H24N2O2S. The Kier molecular flexibility index (Phi) is 6.24. The summed E-state index contributed by atoms with van der Waals surface area (Å²) in [6, 6.07) is 16.9. The van der Waals surface area contributed by atoms with Crippen LogP contribution in [0, 0.1) is 0 Å². The van der Waals surface area contributed by atoms with Gasteiger partial charge in [-0.3, -0.25) is 4.79 Å². The summed E-state index contributed by atoms with van der Waals surface area (Å²) in [6.07, 6.45) is 2.13. The maximum absolute atomic E-state index is 13.1. The molecule has 0 saturated carbocycles. The van der Waals surface area contributed by atoms with Crippen molar-refractivity contribution in [1.29, 1.82) is 0 Å². The maximum Gasteiger partial charge on any atom is 0.193 e. The summed E-state index contributed by atoms with van der Waals surface area (Å²) >= 11 is 5.32. The number of hydrogen-bond donors (Lipinski definition) is 2. The van der Waals surface area contributed by atoms with Gasteiger partial charge in [-0.25, -0.2) is 0 Å². The van der Waals surface area contributed by atoms with E-state index in [1.54, 1.807) is 0 Å². The number of ketones is 1. The first-order valence-corrected chi connectivity index (χ1v) is 9.61. The van der Waals surface area contributed by atoms with E-state index in [1.165, 1.54) is 0 Å². The number of hydrogen-bond acceptors (Lipinski definition) is 3. The lowest BCUT2D eigenvalue weighted by Gasteiger charge is -2.30. The van der Waals surface area contributed by atoms with Crippen molar-refractivity contribution < 1.29 is 9.53 Å². The molecule has 27 heavy (non-hydrogen) atoms. The van der Waals surface area contributed by atoms with Crippen LogP contribution >= 0.6 is 12.2 Å². The number of benzene rings is 2. The molecule has 0 saturated heterocycles. The van der Waals surface area contributed by atoms with Crippen molar-refractivity contribution in [1.82, 2.24) is 10.6 Å². The van der Waals surface area contributed by atoms with Gasteiger partial charge in [-0.15, -0.1) is 0 Å². The van der Waals surface area contributed by atoms with Crippen LogP contribution in [0.1, 0.15) is 48.7 Å². The van der Waals surface area contributed by atoms with Gasteiger partial charge >= 0.3 is 0 Å². The number of rotatable bonds is 7. The zero-order chi connectivity index (χ0) is 19.2. The summed E-state index contributed by atoms with van der Waals surface area (Å²) in [5, 5.41) is 6.84. The minimum absolute atomic E-state index is 0.0103. The van der Waals surface area contributed by atoms with Gasteiger partial charge in [0.15, 0.2) is 10.9 Å². The van der Waals surface area contributed by atoms with Gasteiger partial charge in [0, 0.05) is 16.8 Å². The molecule has 1 aliphatic heterocycles. The molecule has 0 amide bonds. The third kappa shape index (κ3) is 4.55. The van der Waals surface area contributed by atoms with Crippen LogP contribution in [-0.4, -0.2) is 17.5 Å². The highest BCUT2D eigenvalue weighted by atomic mass is 32.1. The van der Waals surface area contributed by atoms with Crippen molar-refractivity contribution in [2.45, 2.75) is 32.7 Å². The lowest BCUT2D eigenvalue weighted by atomic mass is 9.90. The minimum Gasteiger partial charge on any atom is -0.494 e. The topological polar surface area (TPSA) is 50.4 Å². The first-order valence-electron chi connectivity index (χ1n) is 9.21. The third-order valence-electron chi connectivity index (χ3n) is 4.53. The number of carbonyl (C=O) groups is 1. The molecule has 4 nitrogen and oxygen atoms in total. The number of nitrogens with one attached hydrogen (secondary N) is 2. The minimum atomic E-state index is -0.295. The van der Waals surface area contributed by atoms with Gasteiger partial charge in [0.1, 0.15) is 5.75 Å². The van der Waals surface area contributed by atoms with E-state index >= 15 is 0 Å². The van der Waals surface area contributed by atoms with Crippen molar-refractivity contribution in [2.75, 3.05) is 6.61 Å². The standard InChI is InChI=1S/C22H24N2O2S/c1-3-4-14-26-18-12-10-16(11-13-18)20-19(15(2)23-22(27)24-20)21(25)17-8-6-5-7-9-17/h5-13,20H,3-4,14H2,1-2H3,(H2,23,24,27). The second-order valence-electron chi connectivity index (χ2n) is 6.54. The molecule has 1 unspecified atom stereocenters.